The molecule has 2 aromatic rings. The van der Waals surface area contributed by atoms with Gasteiger partial charge in [0.15, 0.2) is 0 Å². The summed E-state index contributed by atoms with van der Waals surface area (Å²) in [5, 5.41) is 10.6. The number of rotatable bonds is 3. The maximum Gasteiger partial charge on any atom is 0.433 e. The molecule has 0 fully saturated rings. The van der Waals surface area contributed by atoms with Crippen LogP contribution in [0.5, 0.6) is 0 Å². The number of furan rings is 1. The van der Waals surface area contributed by atoms with Gasteiger partial charge >= 0.3 is 5.88 Å². The Morgan fingerprint density at radius 2 is 2.35 bits per heavy atom. The molecule has 0 bridgehead atoms. The fraction of sp³-hybridized carbons (Fsp3) is 0.333. The summed E-state index contributed by atoms with van der Waals surface area (Å²) in [4.78, 5) is 20.4. The van der Waals surface area contributed by atoms with Gasteiger partial charge in [-0.25, -0.2) is 9.97 Å². The molecule has 3 heterocycles. The summed E-state index contributed by atoms with van der Waals surface area (Å²) >= 11 is 0. The number of hydrogen-bond donors (Lipinski definition) is 1. The second-order valence-corrected chi connectivity index (χ2v) is 4.66. The van der Waals surface area contributed by atoms with E-state index in [0.29, 0.717) is 24.8 Å². The lowest BCUT2D eigenvalue weighted by atomic mass is 10.1. The molecular formula is C12H13N5O3. The van der Waals surface area contributed by atoms with Crippen molar-refractivity contribution in [2.45, 2.75) is 19.5 Å². The average molecular weight is 275 g/mol. The predicted molar refractivity (Wildman–Crippen MR) is 69.6 cm³/mol. The van der Waals surface area contributed by atoms with Crippen molar-refractivity contribution >= 4 is 11.8 Å². The summed E-state index contributed by atoms with van der Waals surface area (Å²) in [6.07, 6.45) is 2.51. The molecule has 1 aliphatic rings. The Bertz CT molecular complexity index is 654. The number of nitrogen functional groups attached to an aromatic ring is 1. The van der Waals surface area contributed by atoms with Crippen LogP contribution >= 0.6 is 0 Å². The lowest BCUT2D eigenvalue weighted by Gasteiger charge is -2.26. The van der Waals surface area contributed by atoms with Gasteiger partial charge in [0.2, 0.25) is 5.95 Å². The van der Waals surface area contributed by atoms with Gasteiger partial charge in [-0.3, -0.25) is 15.0 Å². The predicted octanol–water partition coefficient (Wildman–Crippen LogP) is 1.12. The molecule has 0 amide bonds. The Morgan fingerprint density at radius 3 is 3.10 bits per heavy atom. The highest BCUT2D eigenvalue weighted by atomic mass is 16.6. The van der Waals surface area contributed by atoms with Crippen LogP contribution in [0.25, 0.3) is 0 Å². The van der Waals surface area contributed by atoms with Crippen LogP contribution in [0.2, 0.25) is 0 Å². The molecule has 2 aromatic heterocycles. The van der Waals surface area contributed by atoms with Crippen LogP contribution in [0.15, 0.2) is 22.7 Å². The third kappa shape index (κ3) is 2.45. The number of anilines is 1. The van der Waals surface area contributed by atoms with Crippen molar-refractivity contribution in [3.8, 4) is 0 Å². The van der Waals surface area contributed by atoms with E-state index in [1.54, 1.807) is 12.3 Å². The Labute approximate surface area is 114 Å². The molecule has 0 atom stereocenters. The van der Waals surface area contributed by atoms with Crippen LogP contribution in [0.4, 0.5) is 11.8 Å². The molecule has 0 saturated carbocycles. The minimum absolute atomic E-state index is 0.228. The van der Waals surface area contributed by atoms with Crippen molar-refractivity contribution in [3.05, 3.63) is 45.5 Å². The standard InChI is InChI=1S/C12H13N5O3/c13-12-14-5-8-6-16(4-3-10(8)15-12)7-9-1-2-11(20-9)17(18)19/h1-2,5H,3-4,6-7H2,(H2,13,14,15). The fourth-order valence-corrected chi connectivity index (χ4v) is 2.30. The summed E-state index contributed by atoms with van der Waals surface area (Å²) in [5.41, 5.74) is 7.56. The van der Waals surface area contributed by atoms with E-state index >= 15 is 0 Å². The molecule has 0 unspecified atom stereocenters. The molecule has 1 aliphatic heterocycles. The maximum absolute atomic E-state index is 10.6. The monoisotopic (exact) mass is 275 g/mol. The van der Waals surface area contributed by atoms with Gasteiger partial charge in [0, 0.05) is 31.3 Å². The van der Waals surface area contributed by atoms with E-state index in [-0.39, 0.29) is 5.88 Å². The summed E-state index contributed by atoms with van der Waals surface area (Å²) in [6, 6.07) is 3.00. The van der Waals surface area contributed by atoms with Crippen molar-refractivity contribution in [2.75, 3.05) is 12.3 Å². The van der Waals surface area contributed by atoms with Crippen molar-refractivity contribution in [2.24, 2.45) is 0 Å². The summed E-state index contributed by atoms with van der Waals surface area (Å²) in [7, 11) is 0. The fourth-order valence-electron chi connectivity index (χ4n) is 2.30. The van der Waals surface area contributed by atoms with E-state index in [0.717, 1.165) is 24.2 Å². The first-order valence-corrected chi connectivity index (χ1v) is 6.17. The maximum atomic E-state index is 10.6. The molecule has 20 heavy (non-hydrogen) atoms. The molecule has 0 radical (unpaired) electrons. The molecular weight excluding hydrogens is 262 g/mol. The van der Waals surface area contributed by atoms with E-state index in [4.69, 9.17) is 10.2 Å². The van der Waals surface area contributed by atoms with Crippen molar-refractivity contribution in [1.82, 2.24) is 14.9 Å². The quantitative estimate of drug-likeness (QED) is 0.659. The number of hydrogen-bond acceptors (Lipinski definition) is 7. The SMILES string of the molecule is Nc1ncc2c(n1)CCN(Cc1ccc([N+](=O)[O-])o1)C2. The molecule has 0 spiro atoms. The molecule has 104 valence electrons. The smallest absolute Gasteiger partial charge is 0.404 e. The van der Waals surface area contributed by atoms with E-state index in [2.05, 4.69) is 14.9 Å². The minimum Gasteiger partial charge on any atom is -0.404 e. The molecule has 0 aromatic carbocycles. The number of nitro groups is 1. The Hall–Kier alpha value is -2.48. The van der Waals surface area contributed by atoms with E-state index in [1.807, 2.05) is 0 Å². The molecule has 8 nitrogen and oxygen atoms in total. The van der Waals surface area contributed by atoms with Crippen LogP contribution in [0.1, 0.15) is 17.0 Å². The average Bonchev–Trinajstić information content (AvgIpc) is 2.88. The van der Waals surface area contributed by atoms with Gasteiger partial charge in [0.25, 0.3) is 0 Å². The van der Waals surface area contributed by atoms with Crippen molar-refractivity contribution < 1.29 is 9.34 Å². The van der Waals surface area contributed by atoms with Gasteiger partial charge in [0.1, 0.15) is 10.7 Å². The first-order valence-electron chi connectivity index (χ1n) is 6.17. The number of fused-ring (bicyclic) bond motifs is 1. The van der Waals surface area contributed by atoms with Gasteiger partial charge in [0.05, 0.1) is 18.3 Å². The summed E-state index contributed by atoms with van der Waals surface area (Å²) in [5.74, 6) is 0.642. The molecule has 8 heteroatoms. The summed E-state index contributed by atoms with van der Waals surface area (Å²) < 4.78 is 5.16. The van der Waals surface area contributed by atoms with Gasteiger partial charge in [-0.15, -0.1) is 0 Å². The number of aromatic nitrogens is 2. The van der Waals surface area contributed by atoms with Crippen LogP contribution < -0.4 is 5.73 Å². The lowest BCUT2D eigenvalue weighted by molar-refractivity contribution is -0.402. The second kappa shape index (κ2) is 4.89. The zero-order chi connectivity index (χ0) is 14.1. The highest BCUT2D eigenvalue weighted by Gasteiger charge is 2.20. The normalized spacial score (nSPS) is 15.0. The zero-order valence-corrected chi connectivity index (χ0v) is 10.7. The van der Waals surface area contributed by atoms with Crippen LogP contribution in [-0.2, 0) is 19.5 Å². The van der Waals surface area contributed by atoms with Gasteiger partial charge < -0.3 is 10.2 Å². The minimum atomic E-state index is -0.536. The third-order valence-electron chi connectivity index (χ3n) is 3.24. The van der Waals surface area contributed by atoms with Gasteiger partial charge in [-0.05, 0) is 6.07 Å². The van der Waals surface area contributed by atoms with E-state index in [1.165, 1.54) is 6.07 Å². The largest absolute Gasteiger partial charge is 0.433 e. The van der Waals surface area contributed by atoms with Crippen molar-refractivity contribution in [3.63, 3.8) is 0 Å². The van der Waals surface area contributed by atoms with Gasteiger partial charge in [-0.1, -0.05) is 0 Å². The highest BCUT2D eigenvalue weighted by Crippen LogP contribution is 2.21. The zero-order valence-electron chi connectivity index (χ0n) is 10.7. The lowest BCUT2D eigenvalue weighted by Crippen LogP contribution is -2.30. The Kier molecular flexibility index (Phi) is 3.07. The third-order valence-corrected chi connectivity index (χ3v) is 3.24. The van der Waals surface area contributed by atoms with Crippen LogP contribution in [0, 0.1) is 10.1 Å². The first kappa shape index (κ1) is 12.5. The topological polar surface area (TPSA) is 111 Å². The number of nitrogens with zero attached hydrogens (tertiary/aromatic N) is 4. The molecule has 2 N–H and O–H groups in total. The Balaban J connectivity index is 1.70. The van der Waals surface area contributed by atoms with Crippen LogP contribution in [0.3, 0.4) is 0 Å². The van der Waals surface area contributed by atoms with E-state index in [9.17, 15) is 10.1 Å². The molecule has 0 aliphatic carbocycles. The first-order chi connectivity index (χ1) is 9.61. The van der Waals surface area contributed by atoms with E-state index < -0.39 is 4.92 Å². The molecule has 0 saturated heterocycles. The van der Waals surface area contributed by atoms with Crippen molar-refractivity contribution in [1.29, 1.82) is 0 Å². The van der Waals surface area contributed by atoms with Gasteiger partial charge in [-0.2, -0.15) is 0 Å². The highest BCUT2D eigenvalue weighted by molar-refractivity contribution is 5.27. The Morgan fingerprint density at radius 1 is 1.50 bits per heavy atom. The number of nitrogens with two attached hydrogens (primary N) is 1. The molecule has 3 rings (SSSR count). The van der Waals surface area contributed by atoms with Crippen LogP contribution in [-0.4, -0.2) is 26.3 Å². The second-order valence-electron chi connectivity index (χ2n) is 4.66. The summed E-state index contributed by atoms with van der Waals surface area (Å²) in [6.45, 7) is 2.01.